The molecular weight excluding hydrogens is 278 g/mol. The number of para-hydroxylation sites is 1. The lowest BCUT2D eigenvalue weighted by Crippen LogP contribution is -2.00. The molecule has 0 spiro atoms. The van der Waals surface area contributed by atoms with Crippen molar-refractivity contribution in [3.05, 3.63) is 30.1 Å². The van der Waals surface area contributed by atoms with Gasteiger partial charge in [-0.05, 0) is 19.4 Å². The van der Waals surface area contributed by atoms with E-state index in [2.05, 4.69) is 9.97 Å². The van der Waals surface area contributed by atoms with Gasteiger partial charge in [-0.25, -0.2) is 9.97 Å². The number of rotatable bonds is 2. The molecule has 0 bridgehead atoms. The lowest BCUT2D eigenvalue weighted by molar-refractivity contribution is 0.212. The number of unbranched alkanes of at least 4 members (excludes halogenated alkanes) is 1. The first-order valence-electron chi connectivity index (χ1n) is 7.12. The average molecular weight is 297 g/mol. The number of aryl methyl sites for hydroxylation is 1. The number of aliphatic hydroxyl groups excluding tert-OH is 1. The Bertz CT molecular complexity index is 832. The van der Waals surface area contributed by atoms with Gasteiger partial charge in [0.1, 0.15) is 18.1 Å². The lowest BCUT2D eigenvalue weighted by Gasteiger charge is -2.05. The second-order valence-electron chi connectivity index (χ2n) is 4.85. The Morgan fingerprint density at radius 2 is 2.05 bits per heavy atom. The minimum Gasteiger partial charge on any atom is -0.382 e. The summed E-state index contributed by atoms with van der Waals surface area (Å²) in [6, 6.07) is 9.72. The number of fused-ring (bicyclic) bond motifs is 3. The third-order valence-corrected chi connectivity index (χ3v) is 3.30. The molecule has 0 saturated heterocycles. The van der Waals surface area contributed by atoms with Crippen LogP contribution in [0.5, 0.6) is 0 Å². The van der Waals surface area contributed by atoms with E-state index >= 15 is 0 Å². The summed E-state index contributed by atoms with van der Waals surface area (Å²) >= 11 is 0. The van der Waals surface area contributed by atoms with Crippen LogP contribution in [0.3, 0.4) is 0 Å². The maximum atomic E-state index is 9.42. The monoisotopic (exact) mass is 297 g/mol. The number of nitrogen functional groups attached to an aromatic ring is 1. The Kier molecular flexibility index (Phi) is 4.92. The van der Waals surface area contributed by atoms with Crippen molar-refractivity contribution in [2.45, 2.75) is 33.4 Å². The van der Waals surface area contributed by atoms with Crippen LogP contribution in [0.4, 0.5) is 5.82 Å². The van der Waals surface area contributed by atoms with Crippen LogP contribution in [-0.2, 0) is 6.73 Å². The molecule has 0 aliphatic rings. The van der Waals surface area contributed by atoms with Crippen molar-refractivity contribution in [3.63, 3.8) is 0 Å². The standard InChI is InChI=1S/C12H12N4O.C4H7N/c1-7-14-10-11(16(7)6-17)8-4-2-3-5-9(8)15-12(10)13;1-2-3-4-5/h2-5,17H,6H2,1H3,(H2,13,15);2-3H2,1H3. The van der Waals surface area contributed by atoms with Gasteiger partial charge in [0.2, 0.25) is 0 Å². The molecule has 2 heterocycles. The highest BCUT2D eigenvalue weighted by molar-refractivity contribution is 6.06. The van der Waals surface area contributed by atoms with Crippen LogP contribution in [0.15, 0.2) is 24.3 Å². The molecule has 6 heteroatoms. The van der Waals surface area contributed by atoms with E-state index in [1.54, 1.807) is 4.57 Å². The molecular formula is C16H19N5O. The number of hydrogen-bond acceptors (Lipinski definition) is 5. The number of nitrogens with two attached hydrogens (primary N) is 1. The third-order valence-electron chi connectivity index (χ3n) is 3.30. The molecule has 3 rings (SSSR count). The Balaban J connectivity index is 0.000000309. The number of anilines is 1. The number of nitrogens with zero attached hydrogens (tertiary/aromatic N) is 4. The van der Waals surface area contributed by atoms with Crippen molar-refractivity contribution in [2.24, 2.45) is 0 Å². The summed E-state index contributed by atoms with van der Waals surface area (Å²) in [6.07, 6.45) is 1.68. The molecule has 0 unspecified atom stereocenters. The summed E-state index contributed by atoms with van der Waals surface area (Å²) in [7, 11) is 0. The smallest absolute Gasteiger partial charge is 0.152 e. The number of imidazole rings is 1. The van der Waals surface area contributed by atoms with Crippen LogP contribution in [0.25, 0.3) is 21.9 Å². The van der Waals surface area contributed by atoms with Gasteiger partial charge in [-0.1, -0.05) is 25.1 Å². The summed E-state index contributed by atoms with van der Waals surface area (Å²) in [5.41, 5.74) is 8.19. The van der Waals surface area contributed by atoms with E-state index in [4.69, 9.17) is 11.0 Å². The Morgan fingerprint density at radius 3 is 2.64 bits per heavy atom. The molecule has 0 aliphatic heterocycles. The van der Waals surface area contributed by atoms with Gasteiger partial charge in [0.25, 0.3) is 0 Å². The maximum Gasteiger partial charge on any atom is 0.152 e. The highest BCUT2D eigenvalue weighted by Gasteiger charge is 2.13. The van der Waals surface area contributed by atoms with Gasteiger partial charge in [0.05, 0.1) is 17.1 Å². The lowest BCUT2D eigenvalue weighted by atomic mass is 10.2. The molecule has 0 atom stereocenters. The van der Waals surface area contributed by atoms with Gasteiger partial charge in [0, 0.05) is 11.8 Å². The fraction of sp³-hybridized carbons (Fsp3) is 0.312. The zero-order valence-electron chi connectivity index (χ0n) is 12.7. The van der Waals surface area contributed by atoms with E-state index in [0.717, 1.165) is 28.7 Å². The summed E-state index contributed by atoms with van der Waals surface area (Å²) in [5, 5.41) is 18.2. The summed E-state index contributed by atoms with van der Waals surface area (Å²) in [5.74, 6) is 1.13. The predicted molar refractivity (Wildman–Crippen MR) is 86.9 cm³/mol. The van der Waals surface area contributed by atoms with Gasteiger partial charge in [-0.2, -0.15) is 5.26 Å². The van der Waals surface area contributed by atoms with Crippen molar-refractivity contribution < 1.29 is 5.11 Å². The quantitative estimate of drug-likeness (QED) is 0.757. The van der Waals surface area contributed by atoms with Crippen LogP contribution < -0.4 is 5.73 Å². The number of aromatic nitrogens is 3. The Labute approximate surface area is 128 Å². The minimum atomic E-state index is -0.115. The Morgan fingerprint density at radius 1 is 1.32 bits per heavy atom. The van der Waals surface area contributed by atoms with Crippen molar-refractivity contribution in [1.29, 1.82) is 5.26 Å². The fourth-order valence-electron chi connectivity index (χ4n) is 2.26. The zero-order valence-corrected chi connectivity index (χ0v) is 12.7. The summed E-state index contributed by atoms with van der Waals surface area (Å²) in [6.45, 7) is 3.71. The van der Waals surface area contributed by atoms with E-state index < -0.39 is 0 Å². The number of pyridine rings is 1. The molecule has 6 nitrogen and oxygen atoms in total. The third kappa shape index (κ3) is 2.85. The predicted octanol–water partition coefficient (Wildman–Crippen LogP) is 2.74. The molecule has 0 radical (unpaired) electrons. The number of benzene rings is 1. The van der Waals surface area contributed by atoms with Crippen LogP contribution in [0, 0.1) is 18.3 Å². The number of aliphatic hydroxyl groups is 1. The van der Waals surface area contributed by atoms with Gasteiger partial charge < -0.3 is 15.4 Å². The largest absolute Gasteiger partial charge is 0.382 e. The SMILES string of the molecule is CCCC#N.Cc1nc2c(N)nc3ccccc3c2n1CO. The van der Waals surface area contributed by atoms with Crippen LogP contribution in [-0.4, -0.2) is 19.6 Å². The molecule has 1 aromatic carbocycles. The minimum absolute atomic E-state index is 0.115. The van der Waals surface area contributed by atoms with E-state index in [0.29, 0.717) is 17.8 Å². The first-order chi connectivity index (χ1) is 10.6. The molecule has 0 amide bonds. The van der Waals surface area contributed by atoms with Gasteiger partial charge in [-0.3, -0.25) is 0 Å². The van der Waals surface area contributed by atoms with Gasteiger partial charge in [-0.15, -0.1) is 0 Å². The van der Waals surface area contributed by atoms with E-state index in [-0.39, 0.29) is 6.73 Å². The van der Waals surface area contributed by atoms with Crippen molar-refractivity contribution in [3.8, 4) is 6.07 Å². The average Bonchev–Trinajstić information content (AvgIpc) is 2.86. The highest BCUT2D eigenvalue weighted by Crippen LogP contribution is 2.28. The molecule has 0 fully saturated rings. The zero-order chi connectivity index (χ0) is 16.1. The molecule has 0 aliphatic carbocycles. The highest BCUT2D eigenvalue weighted by atomic mass is 16.3. The van der Waals surface area contributed by atoms with E-state index in [1.807, 2.05) is 44.2 Å². The number of nitriles is 1. The van der Waals surface area contributed by atoms with Crippen molar-refractivity contribution >= 4 is 27.8 Å². The summed E-state index contributed by atoms with van der Waals surface area (Å²) < 4.78 is 1.73. The van der Waals surface area contributed by atoms with Gasteiger partial charge in [0.15, 0.2) is 5.82 Å². The van der Waals surface area contributed by atoms with Crippen LogP contribution in [0.2, 0.25) is 0 Å². The topological polar surface area (TPSA) is 101 Å². The van der Waals surface area contributed by atoms with Gasteiger partial charge >= 0.3 is 0 Å². The molecule has 22 heavy (non-hydrogen) atoms. The first-order valence-corrected chi connectivity index (χ1v) is 7.12. The van der Waals surface area contributed by atoms with E-state index in [9.17, 15) is 5.11 Å². The fourth-order valence-corrected chi connectivity index (χ4v) is 2.26. The number of hydrogen-bond donors (Lipinski definition) is 2. The molecule has 3 N–H and O–H groups in total. The molecule has 2 aromatic heterocycles. The van der Waals surface area contributed by atoms with Crippen LogP contribution in [0.1, 0.15) is 25.6 Å². The molecule has 3 aromatic rings. The normalized spacial score (nSPS) is 10.3. The van der Waals surface area contributed by atoms with Crippen molar-refractivity contribution in [1.82, 2.24) is 14.5 Å². The second kappa shape index (κ2) is 6.87. The molecule has 0 saturated carbocycles. The maximum absolute atomic E-state index is 9.42. The Hall–Kier alpha value is -2.65. The van der Waals surface area contributed by atoms with Crippen LogP contribution >= 0.6 is 0 Å². The second-order valence-corrected chi connectivity index (χ2v) is 4.85. The van der Waals surface area contributed by atoms with E-state index in [1.165, 1.54) is 0 Å². The summed E-state index contributed by atoms with van der Waals surface area (Å²) in [4.78, 5) is 8.66. The van der Waals surface area contributed by atoms with Crippen molar-refractivity contribution in [2.75, 3.05) is 5.73 Å². The molecule has 114 valence electrons. The first kappa shape index (κ1) is 15.7.